The molecule has 1 N–H and O–H groups in total. The third-order valence-corrected chi connectivity index (χ3v) is 1.89. The molecule has 0 aromatic rings. The molecule has 0 saturated heterocycles. The Morgan fingerprint density at radius 2 is 1.82 bits per heavy atom. The zero-order chi connectivity index (χ0) is 13.5. The predicted octanol–water partition coefficient (Wildman–Crippen LogP) is 2.19. The molecule has 0 spiro atoms. The first kappa shape index (κ1) is 15.7. The molecule has 0 aliphatic heterocycles. The maximum absolute atomic E-state index is 11.4. The fourth-order valence-electron chi connectivity index (χ4n) is 1.16. The van der Waals surface area contributed by atoms with Crippen molar-refractivity contribution in [2.45, 2.75) is 52.5 Å². The summed E-state index contributed by atoms with van der Waals surface area (Å²) < 4.78 is 4.92. The van der Waals surface area contributed by atoms with E-state index < -0.39 is 0 Å². The van der Waals surface area contributed by atoms with Gasteiger partial charge in [-0.3, -0.25) is 4.79 Å². The van der Waals surface area contributed by atoms with Gasteiger partial charge in [0.2, 0.25) is 5.91 Å². The summed E-state index contributed by atoms with van der Waals surface area (Å²) in [5, 5.41) is 2.88. The number of hydrogen-bond donors (Lipinski definition) is 1. The van der Waals surface area contributed by atoms with Crippen molar-refractivity contribution in [3.05, 3.63) is 12.2 Å². The molecule has 0 aliphatic rings. The van der Waals surface area contributed by atoms with E-state index in [1.165, 1.54) is 0 Å². The van der Waals surface area contributed by atoms with Crippen molar-refractivity contribution in [3.8, 4) is 0 Å². The third kappa shape index (κ3) is 9.60. The lowest BCUT2D eigenvalue weighted by atomic mass is 10.1. The molecule has 0 atom stereocenters. The van der Waals surface area contributed by atoms with Gasteiger partial charge >= 0.3 is 5.97 Å². The van der Waals surface area contributed by atoms with Gasteiger partial charge in [-0.1, -0.05) is 6.58 Å². The summed E-state index contributed by atoms with van der Waals surface area (Å²) in [7, 11) is 0. The Balaban J connectivity index is 3.56. The average Bonchev–Trinajstić information content (AvgIpc) is 2.13. The minimum atomic E-state index is -0.371. The Morgan fingerprint density at radius 3 is 2.29 bits per heavy atom. The fraction of sp³-hybridized carbons (Fsp3) is 0.692. The van der Waals surface area contributed by atoms with Gasteiger partial charge in [0.05, 0.1) is 6.61 Å². The first-order valence-electron chi connectivity index (χ1n) is 5.86. The van der Waals surface area contributed by atoms with E-state index in [9.17, 15) is 9.59 Å². The van der Waals surface area contributed by atoms with Gasteiger partial charge in [0, 0.05) is 17.5 Å². The summed E-state index contributed by atoms with van der Waals surface area (Å²) in [5.74, 6) is -0.340. The summed E-state index contributed by atoms with van der Waals surface area (Å²) in [6.45, 7) is 11.3. The first-order chi connectivity index (χ1) is 7.72. The average molecular weight is 241 g/mol. The van der Waals surface area contributed by atoms with Crippen molar-refractivity contribution < 1.29 is 14.3 Å². The highest BCUT2D eigenvalue weighted by atomic mass is 16.5. The van der Waals surface area contributed by atoms with Gasteiger partial charge < -0.3 is 10.1 Å². The van der Waals surface area contributed by atoms with Crippen LogP contribution >= 0.6 is 0 Å². The van der Waals surface area contributed by atoms with E-state index in [-0.39, 0.29) is 17.4 Å². The summed E-state index contributed by atoms with van der Waals surface area (Å²) >= 11 is 0. The number of carbonyl (C=O) groups is 2. The van der Waals surface area contributed by atoms with Crippen LogP contribution in [0.2, 0.25) is 0 Å². The summed E-state index contributed by atoms with van der Waals surface area (Å²) in [6.07, 6.45) is 1.86. The summed E-state index contributed by atoms with van der Waals surface area (Å²) in [6, 6.07) is 0. The first-order valence-corrected chi connectivity index (χ1v) is 5.86. The number of carbonyl (C=O) groups excluding carboxylic acids is 2. The number of amides is 1. The standard InChI is InChI=1S/C13H23NO3/c1-10(2)12(16)17-9-7-6-8-11(15)14-13(3,4)5/h1,6-9H2,2-5H3,(H,14,15). The predicted molar refractivity (Wildman–Crippen MR) is 67.5 cm³/mol. The van der Waals surface area contributed by atoms with E-state index in [0.29, 0.717) is 31.4 Å². The van der Waals surface area contributed by atoms with Crippen molar-refractivity contribution in [3.63, 3.8) is 0 Å². The van der Waals surface area contributed by atoms with E-state index in [2.05, 4.69) is 11.9 Å². The molecule has 4 heteroatoms. The van der Waals surface area contributed by atoms with Gasteiger partial charge in [0.1, 0.15) is 0 Å². The number of rotatable bonds is 6. The maximum atomic E-state index is 11.4. The molecule has 0 bridgehead atoms. The quantitative estimate of drug-likeness (QED) is 0.440. The zero-order valence-electron chi connectivity index (χ0n) is 11.3. The van der Waals surface area contributed by atoms with Crippen LogP contribution in [0.5, 0.6) is 0 Å². The Hall–Kier alpha value is -1.32. The number of esters is 1. The minimum Gasteiger partial charge on any atom is -0.462 e. The van der Waals surface area contributed by atoms with E-state index in [4.69, 9.17) is 4.74 Å². The number of unbranched alkanes of at least 4 members (excludes halogenated alkanes) is 1. The Labute approximate surface area is 103 Å². The highest BCUT2D eigenvalue weighted by Gasteiger charge is 2.12. The van der Waals surface area contributed by atoms with Crippen molar-refractivity contribution in [2.75, 3.05) is 6.61 Å². The molecule has 0 radical (unpaired) electrons. The van der Waals surface area contributed by atoms with Crippen LogP contribution in [0.1, 0.15) is 47.0 Å². The molecule has 17 heavy (non-hydrogen) atoms. The SMILES string of the molecule is C=C(C)C(=O)OCCCCC(=O)NC(C)(C)C. The van der Waals surface area contributed by atoms with Crippen LogP contribution in [0, 0.1) is 0 Å². The molecule has 4 nitrogen and oxygen atoms in total. The molecule has 0 aromatic heterocycles. The number of hydrogen-bond acceptors (Lipinski definition) is 3. The lowest BCUT2D eigenvalue weighted by Gasteiger charge is -2.20. The molecule has 1 amide bonds. The van der Waals surface area contributed by atoms with Crippen LogP contribution in [-0.4, -0.2) is 24.0 Å². The fourth-order valence-corrected chi connectivity index (χ4v) is 1.16. The molecule has 98 valence electrons. The summed E-state index contributed by atoms with van der Waals surface area (Å²) in [5.41, 5.74) is 0.208. The largest absolute Gasteiger partial charge is 0.462 e. The van der Waals surface area contributed by atoms with Gasteiger partial charge in [-0.25, -0.2) is 4.79 Å². The van der Waals surface area contributed by atoms with Crippen LogP contribution in [0.25, 0.3) is 0 Å². The molecule has 0 fully saturated rings. The number of nitrogens with one attached hydrogen (secondary N) is 1. The van der Waals surface area contributed by atoms with Gasteiger partial charge in [-0.2, -0.15) is 0 Å². The second-order valence-corrected chi connectivity index (χ2v) is 5.17. The maximum Gasteiger partial charge on any atom is 0.333 e. The topological polar surface area (TPSA) is 55.4 Å². The number of ether oxygens (including phenoxy) is 1. The van der Waals surface area contributed by atoms with Crippen LogP contribution in [0.4, 0.5) is 0 Å². The molecule has 0 aromatic carbocycles. The highest BCUT2D eigenvalue weighted by molar-refractivity contribution is 5.86. The molecular weight excluding hydrogens is 218 g/mol. The van der Waals surface area contributed by atoms with E-state index in [1.54, 1.807) is 6.92 Å². The summed E-state index contributed by atoms with van der Waals surface area (Å²) in [4.78, 5) is 22.5. The van der Waals surface area contributed by atoms with Gasteiger partial charge in [0.15, 0.2) is 0 Å². The van der Waals surface area contributed by atoms with E-state index >= 15 is 0 Å². The Bertz CT molecular complexity index is 290. The van der Waals surface area contributed by atoms with Gasteiger partial charge in [-0.05, 0) is 40.5 Å². The third-order valence-electron chi connectivity index (χ3n) is 1.89. The molecule has 0 saturated carbocycles. The lowest BCUT2D eigenvalue weighted by Crippen LogP contribution is -2.40. The monoisotopic (exact) mass is 241 g/mol. The van der Waals surface area contributed by atoms with Crippen molar-refractivity contribution in [1.82, 2.24) is 5.32 Å². The molecule has 0 unspecified atom stereocenters. The zero-order valence-corrected chi connectivity index (χ0v) is 11.3. The minimum absolute atomic E-state index is 0.0312. The van der Waals surface area contributed by atoms with Gasteiger partial charge in [-0.15, -0.1) is 0 Å². The Morgan fingerprint density at radius 1 is 1.24 bits per heavy atom. The molecule has 0 heterocycles. The van der Waals surface area contributed by atoms with Crippen LogP contribution in [-0.2, 0) is 14.3 Å². The van der Waals surface area contributed by atoms with Crippen LogP contribution < -0.4 is 5.32 Å². The smallest absolute Gasteiger partial charge is 0.333 e. The molecule has 0 aliphatic carbocycles. The van der Waals surface area contributed by atoms with Crippen molar-refractivity contribution >= 4 is 11.9 Å². The molecular formula is C13H23NO3. The second kappa shape index (κ2) is 7.09. The van der Waals surface area contributed by atoms with E-state index in [1.807, 2.05) is 20.8 Å². The second-order valence-electron chi connectivity index (χ2n) is 5.17. The highest BCUT2D eigenvalue weighted by Crippen LogP contribution is 2.03. The molecule has 0 rings (SSSR count). The van der Waals surface area contributed by atoms with Crippen LogP contribution in [0.3, 0.4) is 0 Å². The van der Waals surface area contributed by atoms with Gasteiger partial charge in [0.25, 0.3) is 0 Å². The normalized spacial score (nSPS) is 10.8. The van der Waals surface area contributed by atoms with Crippen molar-refractivity contribution in [1.29, 1.82) is 0 Å². The van der Waals surface area contributed by atoms with Crippen LogP contribution in [0.15, 0.2) is 12.2 Å². The van der Waals surface area contributed by atoms with Crippen molar-refractivity contribution in [2.24, 2.45) is 0 Å². The Kier molecular flexibility index (Phi) is 6.54. The lowest BCUT2D eigenvalue weighted by molar-refractivity contribution is -0.139. The van der Waals surface area contributed by atoms with E-state index in [0.717, 1.165) is 0 Å².